The van der Waals surface area contributed by atoms with E-state index in [2.05, 4.69) is 42.3 Å². The Balaban J connectivity index is 2.19. The second-order valence-electron chi connectivity index (χ2n) is 5.84. The van der Waals surface area contributed by atoms with Crippen LogP contribution in [0.25, 0.3) is 0 Å². The molecular formula is C17H27ClN2O. The van der Waals surface area contributed by atoms with Gasteiger partial charge in [0.1, 0.15) is 0 Å². The summed E-state index contributed by atoms with van der Waals surface area (Å²) in [7, 11) is 0. The normalized spacial score (nSPS) is 17.1. The van der Waals surface area contributed by atoms with Gasteiger partial charge in [-0.3, -0.25) is 0 Å². The quantitative estimate of drug-likeness (QED) is 0.805. The molecule has 1 aromatic carbocycles. The summed E-state index contributed by atoms with van der Waals surface area (Å²) in [5, 5.41) is 13.6. The van der Waals surface area contributed by atoms with Crippen molar-refractivity contribution < 1.29 is 5.11 Å². The van der Waals surface area contributed by atoms with Crippen molar-refractivity contribution in [1.82, 2.24) is 5.32 Å². The van der Waals surface area contributed by atoms with Crippen molar-refractivity contribution in [2.75, 3.05) is 24.6 Å². The lowest BCUT2D eigenvalue weighted by Gasteiger charge is -2.31. The molecule has 1 unspecified atom stereocenters. The Labute approximate surface area is 133 Å². The summed E-state index contributed by atoms with van der Waals surface area (Å²) in [5.74, 6) is 0. The van der Waals surface area contributed by atoms with E-state index in [0.717, 1.165) is 22.8 Å². The Morgan fingerprint density at radius 3 is 2.67 bits per heavy atom. The maximum Gasteiger partial charge on any atom is 0.0606 e. The van der Waals surface area contributed by atoms with Crippen LogP contribution in [0.5, 0.6) is 0 Å². The van der Waals surface area contributed by atoms with E-state index in [0.29, 0.717) is 12.6 Å². The Bertz CT molecular complexity index is 446. The number of aliphatic hydroxyl groups excluding tert-OH is 1. The fraction of sp³-hybridized carbons (Fsp3) is 0.647. The molecule has 4 heteroatoms. The Morgan fingerprint density at radius 2 is 2.10 bits per heavy atom. The van der Waals surface area contributed by atoms with Crippen LogP contribution < -0.4 is 10.2 Å². The number of halogens is 1. The van der Waals surface area contributed by atoms with Gasteiger partial charge in [-0.05, 0) is 44.0 Å². The second-order valence-corrected chi connectivity index (χ2v) is 6.25. The van der Waals surface area contributed by atoms with Gasteiger partial charge in [-0.2, -0.15) is 0 Å². The molecule has 118 valence electrons. The number of hydrogen-bond acceptors (Lipinski definition) is 3. The third kappa shape index (κ3) is 4.12. The SMILES string of the molecule is CCNC(C)c1ccc(N(CCO)C2CCCC2)cc1Cl. The largest absolute Gasteiger partial charge is 0.395 e. The number of nitrogens with one attached hydrogen (secondary N) is 1. The summed E-state index contributed by atoms with van der Waals surface area (Å²) in [4.78, 5) is 2.32. The first-order valence-electron chi connectivity index (χ1n) is 8.07. The van der Waals surface area contributed by atoms with E-state index >= 15 is 0 Å². The Kier molecular flexibility index (Phi) is 6.34. The van der Waals surface area contributed by atoms with Crippen LogP contribution in [-0.4, -0.2) is 30.8 Å². The van der Waals surface area contributed by atoms with E-state index < -0.39 is 0 Å². The van der Waals surface area contributed by atoms with Crippen molar-refractivity contribution in [3.63, 3.8) is 0 Å². The Morgan fingerprint density at radius 1 is 1.38 bits per heavy atom. The third-order valence-electron chi connectivity index (χ3n) is 4.40. The predicted octanol–water partition coefficient (Wildman–Crippen LogP) is 3.75. The first-order valence-corrected chi connectivity index (χ1v) is 8.45. The van der Waals surface area contributed by atoms with Crippen LogP contribution in [0.4, 0.5) is 5.69 Å². The first kappa shape index (κ1) is 16.6. The van der Waals surface area contributed by atoms with E-state index in [1.54, 1.807) is 0 Å². The molecule has 0 heterocycles. The smallest absolute Gasteiger partial charge is 0.0606 e. The van der Waals surface area contributed by atoms with E-state index in [4.69, 9.17) is 11.6 Å². The topological polar surface area (TPSA) is 35.5 Å². The molecule has 1 aliphatic rings. The predicted molar refractivity (Wildman–Crippen MR) is 90.2 cm³/mol. The summed E-state index contributed by atoms with van der Waals surface area (Å²) in [6, 6.07) is 7.12. The van der Waals surface area contributed by atoms with Gasteiger partial charge in [0.2, 0.25) is 0 Å². The number of nitrogens with zero attached hydrogens (tertiary/aromatic N) is 1. The number of anilines is 1. The van der Waals surface area contributed by atoms with Crippen LogP contribution in [-0.2, 0) is 0 Å². The zero-order valence-corrected chi connectivity index (χ0v) is 13.9. The summed E-state index contributed by atoms with van der Waals surface area (Å²) in [6.45, 7) is 6.03. The highest BCUT2D eigenvalue weighted by Crippen LogP contribution is 2.32. The summed E-state index contributed by atoms with van der Waals surface area (Å²) >= 11 is 6.48. The molecule has 2 N–H and O–H groups in total. The van der Waals surface area contributed by atoms with E-state index in [1.807, 2.05) is 0 Å². The van der Waals surface area contributed by atoms with Gasteiger partial charge in [-0.25, -0.2) is 0 Å². The average molecular weight is 311 g/mol. The van der Waals surface area contributed by atoms with Crippen molar-refractivity contribution in [3.8, 4) is 0 Å². The van der Waals surface area contributed by atoms with Crippen LogP contribution in [0.3, 0.4) is 0 Å². The molecule has 1 atom stereocenters. The molecule has 1 aliphatic carbocycles. The minimum absolute atomic E-state index is 0.184. The molecule has 0 saturated heterocycles. The van der Waals surface area contributed by atoms with E-state index in [-0.39, 0.29) is 12.6 Å². The van der Waals surface area contributed by atoms with E-state index in [9.17, 15) is 5.11 Å². The van der Waals surface area contributed by atoms with E-state index in [1.165, 1.54) is 25.7 Å². The Hall–Kier alpha value is -0.770. The van der Waals surface area contributed by atoms with Crippen molar-refractivity contribution in [3.05, 3.63) is 28.8 Å². The number of hydrogen-bond donors (Lipinski definition) is 2. The number of benzene rings is 1. The van der Waals surface area contributed by atoms with Gasteiger partial charge in [-0.1, -0.05) is 37.4 Å². The molecule has 0 aliphatic heterocycles. The zero-order valence-electron chi connectivity index (χ0n) is 13.1. The van der Waals surface area contributed by atoms with Gasteiger partial charge in [0.05, 0.1) is 6.61 Å². The van der Waals surface area contributed by atoms with Crippen LogP contribution >= 0.6 is 11.6 Å². The lowest BCUT2D eigenvalue weighted by atomic mass is 10.1. The monoisotopic (exact) mass is 310 g/mol. The molecule has 0 radical (unpaired) electrons. The van der Waals surface area contributed by atoms with Gasteiger partial charge in [0, 0.05) is 29.3 Å². The van der Waals surface area contributed by atoms with Crippen molar-refractivity contribution >= 4 is 17.3 Å². The molecule has 1 aromatic rings. The minimum Gasteiger partial charge on any atom is -0.395 e. The number of rotatable bonds is 7. The minimum atomic E-state index is 0.184. The maximum absolute atomic E-state index is 9.36. The van der Waals surface area contributed by atoms with Crippen LogP contribution in [0, 0.1) is 0 Å². The molecular weight excluding hydrogens is 284 g/mol. The lowest BCUT2D eigenvalue weighted by molar-refractivity contribution is 0.297. The highest BCUT2D eigenvalue weighted by molar-refractivity contribution is 6.31. The molecule has 3 nitrogen and oxygen atoms in total. The van der Waals surface area contributed by atoms with Gasteiger partial charge in [0.15, 0.2) is 0 Å². The molecule has 2 rings (SSSR count). The summed E-state index contributed by atoms with van der Waals surface area (Å²) in [5.41, 5.74) is 2.27. The molecule has 0 amide bonds. The molecule has 0 aromatic heterocycles. The lowest BCUT2D eigenvalue weighted by Crippen LogP contribution is -2.35. The summed E-state index contributed by atoms with van der Waals surface area (Å²) in [6.07, 6.45) is 5.01. The molecule has 0 bridgehead atoms. The van der Waals surface area contributed by atoms with Gasteiger partial charge in [-0.15, -0.1) is 0 Å². The fourth-order valence-corrected chi connectivity index (χ4v) is 3.65. The average Bonchev–Trinajstić information content (AvgIpc) is 2.98. The standard InChI is InChI=1S/C17H27ClN2O/c1-3-19-13(2)16-9-8-15(12-17(16)18)20(10-11-21)14-6-4-5-7-14/h8-9,12-14,19,21H,3-7,10-11H2,1-2H3. The summed E-state index contributed by atoms with van der Waals surface area (Å²) < 4.78 is 0. The van der Waals surface area contributed by atoms with Gasteiger partial charge in [0.25, 0.3) is 0 Å². The first-order chi connectivity index (χ1) is 10.2. The molecule has 1 saturated carbocycles. The zero-order chi connectivity index (χ0) is 15.2. The molecule has 0 spiro atoms. The molecule has 21 heavy (non-hydrogen) atoms. The van der Waals surface area contributed by atoms with Crippen molar-refractivity contribution in [1.29, 1.82) is 0 Å². The molecule has 1 fully saturated rings. The highest BCUT2D eigenvalue weighted by atomic mass is 35.5. The van der Waals surface area contributed by atoms with Crippen LogP contribution in [0.1, 0.15) is 51.1 Å². The highest BCUT2D eigenvalue weighted by Gasteiger charge is 2.23. The number of aliphatic hydroxyl groups is 1. The fourth-order valence-electron chi connectivity index (χ4n) is 3.31. The second kappa shape index (κ2) is 8.02. The van der Waals surface area contributed by atoms with Crippen molar-refractivity contribution in [2.45, 2.75) is 51.6 Å². The third-order valence-corrected chi connectivity index (χ3v) is 4.73. The van der Waals surface area contributed by atoms with Gasteiger partial charge < -0.3 is 15.3 Å². The van der Waals surface area contributed by atoms with Gasteiger partial charge >= 0.3 is 0 Å². The van der Waals surface area contributed by atoms with Crippen LogP contribution in [0.2, 0.25) is 5.02 Å². The maximum atomic E-state index is 9.36. The van der Waals surface area contributed by atoms with Crippen molar-refractivity contribution in [2.24, 2.45) is 0 Å². The van der Waals surface area contributed by atoms with Crippen LogP contribution in [0.15, 0.2) is 18.2 Å².